The number of nitrogens with zero attached hydrogens (tertiary/aromatic N) is 2. The topological polar surface area (TPSA) is 65.8 Å². The molecular weight excluding hydrogens is 681 g/mol. The number of hydrogen-bond donors (Lipinski definition) is 2. The first-order valence-corrected chi connectivity index (χ1v) is 18.6. The van der Waals surface area contributed by atoms with E-state index in [1.54, 1.807) is 13.8 Å². The van der Waals surface area contributed by atoms with Crippen LogP contribution in [0.1, 0.15) is 69.8 Å². The molecule has 0 fully saturated rings. The maximum Gasteiger partial charge on any atom is 0.181 e. The van der Waals surface area contributed by atoms with E-state index in [1.165, 1.54) is 59.1 Å². The second kappa shape index (κ2) is 13.1. The van der Waals surface area contributed by atoms with Crippen molar-refractivity contribution in [3.8, 4) is 0 Å². The van der Waals surface area contributed by atoms with Crippen LogP contribution in [0.2, 0.25) is 0 Å². The fourth-order valence-electron chi connectivity index (χ4n) is 7.51. The molecule has 2 N–H and O–H groups in total. The number of fused-ring (bicyclic) bond motifs is 6. The van der Waals surface area contributed by atoms with Crippen LogP contribution in [0.15, 0.2) is 70.7 Å². The van der Waals surface area contributed by atoms with Gasteiger partial charge in [-0.2, -0.15) is 0 Å². The van der Waals surface area contributed by atoms with Gasteiger partial charge in [-0.05, 0) is 74.9 Å². The Bertz CT molecular complexity index is 1970. The normalized spacial score (nSPS) is 22.6. The minimum atomic E-state index is -0.898. The van der Waals surface area contributed by atoms with Crippen molar-refractivity contribution in [1.29, 1.82) is 0 Å². The van der Waals surface area contributed by atoms with Crippen LogP contribution in [-0.2, 0) is 30.5 Å². The van der Waals surface area contributed by atoms with Crippen LogP contribution in [0.4, 0.5) is 27.6 Å². The second-order valence-electron chi connectivity index (χ2n) is 13.1. The number of hydrogen-bond acceptors (Lipinski definition) is 7. The summed E-state index contributed by atoms with van der Waals surface area (Å²) in [4.78, 5) is 26.9. The lowest BCUT2D eigenvalue weighted by Gasteiger charge is -2.27. The molecule has 2 aromatic carbocycles. The molecule has 0 saturated heterocycles. The lowest BCUT2D eigenvalue weighted by molar-refractivity contribution is -0.121. The van der Waals surface area contributed by atoms with Crippen LogP contribution < -0.4 is 10.6 Å². The molecule has 5 nitrogen and oxygen atoms in total. The van der Waals surface area contributed by atoms with E-state index in [2.05, 4.69) is 34.9 Å². The Hall–Kier alpha value is -4.35. The van der Waals surface area contributed by atoms with Gasteiger partial charge in [0.1, 0.15) is 35.4 Å². The fraction of sp³-hybridized carbons (Fsp3) is 0.308. The Morgan fingerprint density at radius 2 is 1.04 bits per heavy atom. The molecular formula is C39H34F4N4OS2. The van der Waals surface area contributed by atoms with Gasteiger partial charge in [-0.15, -0.1) is 22.7 Å². The van der Waals surface area contributed by atoms with Crippen molar-refractivity contribution >= 4 is 49.9 Å². The first-order valence-electron chi connectivity index (χ1n) is 16.9. The number of halogens is 4. The minimum absolute atomic E-state index is 0.194. The highest BCUT2D eigenvalue weighted by atomic mass is 32.1. The van der Waals surface area contributed by atoms with E-state index in [0.717, 1.165) is 33.7 Å². The summed E-state index contributed by atoms with van der Waals surface area (Å²) in [6.07, 6.45) is 12.6. The van der Waals surface area contributed by atoms with Crippen molar-refractivity contribution in [2.75, 3.05) is 10.6 Å². The summed E-state index contributed by atoms with van der Waals surface area (Å²) < 4.78 is 61.8. The number of anilines is 2. The summed E-state index contributed by atoms with van der Waals surface area (Å²) >= 11 is 2.97. The van der Waals surface area contributed by atoms with Gasteiger partial charge in [-0.25, -0.2) is 17.6 Å². The Balaban J connectivity index is 1.25. The summed E-state index contributed by atoms with van der Waals surface area (Å²) in [5, 5.41) is 8.24. The molecule has 4 aromatic rings. The molecule has 256 valence electrons. The van der Waals surface area contributed by atoms with Crippen molar-refractivity contribution in [3.05, 3.63) is 127 Å². The zero-order valence-electron chi connectivity index (χ0n) is 27.5. The smallest absolute Gasteiger partial charge is 0.181 e. The molecule has 2 unspecified atom stereocenters. The van der Waals surface area contributed by atoms with Gasteiger partial charge >= 0.3 is 0 Å². The molecule has 2 aliphatic heterocycles. The van der Waals surface area contributed by atoms with Crippen LogP contribution in [-0.4, -0.2) is 41.4 Å². The predicted octanol–water partition coefficient (Wildman–Crippen LogP) is 8.77. The Morgan fingerprint density at radius 1 is 0.640 bits per heavy atom. The molecule has 2 aromatic heterocycles. The van der Waals surface area contributed by atoms with E-state index in [-0.39, 0.29) is 28.3 Å². The lowest BCUT2D eigenvalue weighted by Crippen LogP contribution is -2.50. The zero-order valence-corrected chi connectivity index (χ0v) is 29.1. The summed E-state index contributed by atoms with van der Waals surface area (Å²) in [7, 11) is 0. The third kappa shape index (κ3) is 5.55. The van der Waals surface area contributed by atoms with E-state index in [1.807, 2.05) is 0 Å². The Labute approximate surface area is 295 Å². The number of rotatable bonds is 4. The molecule has 0 radical (unpaired) electrons. The number of thiophene rings is 2. The van der Waals surface area contributed by atoms with Crippen molar-refractivity contribution in [2.45, 2.75) is 76.5 Å². The van der Waals surface area contributed by atoms with E-state index < -0.39 is 47.4 Å². The number of nitrogens with one attached hydrogen (secondary N) is 2. The van der Waals surface area contributed by atoms with E-state index in [4.69, 9.17) is 9.98 Å². The Morgan fingerprint density at radius 3 is 1.44 bits per heavy atom. The first-order chi connectivity index (χ1) is 24.2. The number of aliphatic imine (C=N–C) groups is 2. The van der Waals surface area contributed by atoms with E-state index in [9.17, 15) is 4.79 Å². The van der Waals surface area contributed by atoms with Gasteiger partial charge in [0.05, 0.1) is 44.6 Å². The number of carbonyl (C=O) groups excluding carboxylic acids is 1. The van der Waals surface area contributed by atoms with Gasteiger partial charge in [0.25, 0.3) is 0 Å². The van der Waals surface area contributed by atoms with Crippen molar-refractivity contribution in [1.82, 2.24) is 0 Å². The summed E-state index contributed by atoms with van der Waals surface area (Å²) in [6.45, 7) is 3.53. The highest BCUT2D eigenvalue weighted by Gasteiger charge is 2.42. The molecule has 2 aliphatic carbocycles. The largest absolute Gasteiger partial charge is 0.365 e. The van der Waals surface area contributed by atoms with Gasteiger partial charge in [0, 0.05) is 33.7 Å². The standard InChI is InChI=1S/C39H34F4N4OS2/c1-19-33(46-38-29(21-11-5-3-7-17-27(21)49-38)35(44-19)31-23(40)13-9-14-24(31)41)37(48)34-20(2)45-36(32-25(42)15-10-16-26(32)43)30-22-12-6-4-8-18-28(22)50-39(30)47-34/h3-4,7-10,13-16,19-20,33-34,46-47H,5-6,11-12,17-18H2,1-2H3/t19-,20-,33?,34?/m0/s1. The maximum absolute atomic E-state index is 15.4. The average molecular weight is 715 g/mol. The van der Waals surface area contributed by atoms with Crippen LogP contribution in [0.5, 0.6) is 0 Å². The van der Waals surface area contributed by atoms with Crippen molar-refractivity contribution in [3.63, 3.8) is 0 Å². The number of ketones is 1. The highest BCUT2D eigenvalue weighted by Crippen LogP contribution is 2.43. The maximum atomic E-state index is 15.4. The monoisotopic (exact) mass is 714 g/mol. The minimum Gasteiger partial charge on any atom is -0.365 e. The molecule has 50 heavy (non-hydrogen) atoms. The molecule has 11 heteroatoms. The molecule has 4 aliphatic rings. The lowest BCUT2D eigenvalue weighted by atomic mass is 9.95. The Kier molecular flexibility index (Phi) is 8.59. The number of allylic oxidation sites excluding steroid dienone is 4. The zero-order chi connectivity index (χ0) is 34.7. The quantitative estimate of drug-likeness (QED) is 0.164. The van der Waals surface area contributed by atoms with Gasteiger partial charge in [-0.3, -0.25) is 14.8 Å². The predicted molar refractivity (Wildman–Crippen MR) is 194 cm³/mol. The van der Waals surface area contributed by atoms with E-state index in [0.29, 0.717) is 46.8 Å². The number of Topliss-reactive ketones (excluding diaryl/α,β-unsaturated/α-hetero) is 1. The molecule has 4 heterocycles. The molecule has 0 bridgehead atoms. The highest BCUT2D eigenvalue weighted by molar-refractivity contribution is 7.17. The number of benzene rings is 2. The summed E-state index contributed by atoms with van der Waals surface area (Å²) in [5.41, 5.74) is 3.18. The van der Waals surface area contributed by atoms with Gasteiger partial charge < -0.3 is 10.6 Å². The molecule has 4 atom stereocenters. The van der Waals surface area contributed by atoms with E-state index >= 15 is 17.6 Å². The summed E-state index contributed by atoms with van der Waals surface area (Å²) in [5.74, 6) is -3.15. The van der Waals surface area contributed by atoms with Crippen LogP contribution in [0.3, 0.4) is 0 Å². The third-order valence-corrected chi connectivity index (χ3v) is 12.3. The van der Waals surface area contributed by atoms with Gasteiger partial charge in [0.2, 0.25) is 0 Å². The molecule has 0 amide bonds. The van der Waals surface area contributed by atoms with Gasteiger partial charge in [-0.1, -0.05) is 36.4 Å². The van der Waals surface area contributed by atoms with Gasteiger partial charge in [0.15, 0.2) is 5.78 Å². The molecule has 0 saturated carbocycles. The van der Waals surface area contributed by atoms with Crippen LogP contribution in [0.25, 0.3) is 0 Å². The average Bonchev–Trinajstić information content (AvgIpc) is 3.24. The van der Waals surface area contributed by atoms with Crippen LogP contribution in [0, 0.1) is 23.3 Å². The number of carbonyl (C=O) groups is 1. The molecule has 8 rings (SSSR count). The molecule has 0 spiro atoms. The second-order valence-corrected chi connectivity index (χ2v) is 15.3. The fourth-order valence-corrected chi connectivity index (χ4v) is 10.0. The van der Waals surface area contributed by atoms with Crippen molar-refractivity contribution in [2.24, 2.45) is 9.98 Å². The first kappa shape index (κ1) is 32.8. The van der Waals surface area contributed by atoms with Crippen LogP contribution >= 0.6 is 22.7 Å². The summed E-state index contributed by atoms with van der Waals surface area (Å²) in [6, 6.07) is 4.28. The van der Waals surface area contributed by atoms with Crippen molar-refractivity contribution < 1.29 is 22.4 Å². The SMILES string of the molecule is C[C@@H]1N=C(c2c(F)cccc2F)c2c(sc3c2CCC=CC3)NC1C(=O)C1Nc2sc3c(c2C(c2c(F)cccc2F)=N[C@H]1C)CCC=CC3. The third-order valence-electron chi connectivity index (χ3n) is 9.93.